The summed E-state index contributed by atoms with van der Waals surface area (Å²) in [5.41, 5.74) is 0. The lowest BCUT2D eigenvalue weighted by Crippen LogP contribution is -2.45. The summed E-state index contributed by atoms with van der Waals surface area (Å²) in [4.78, 5) is 6.77. The van der Waals surface area contributed by atoms with Crippen LogP contribution in [0.25, 0.3) is 0 Å². The molecule has 1 aromatic rings. The second kappa shape index (κ2) is 7.23. The first kappa shape index (κ1) is 14.8. The Bertz CT molecular complexity index is 411. The van der Waals surface area contributed by atoms with Crippen molar-refractivity contribution in [2.75, 3.05) is 24.5 Å². The van der Waals surface area contributed by atoms with Gasteiger partial charge in [0, 0.05) is 31.9 Å². The van der Waals surface area contributed by atoms with Crippen LogP contribution in [0, 0.1) is 5.92 Å². The van der Waals surface area contributed by atoms with Crippen molar-refractivity contribution in [2.24, 2.45) is 5.92 Å². The third-order valence-corrected chi connectivity index (χ3v) is 5.03. The largest absolute Gasteiger partial charge is 0.392 e. The van der Waals surface area contributed by atoms with Crippen LogP contribution in [0.1, 0.15) is 38.5 Å². The molecule has 116 valence electrons. The predicted octanol–water partition coefficient (Wildman–Crippen LogP) is 2.19. The highest BCUT2D eigenvalue weighted by molar-refractivity contribution is 5.38. The van der Waals surface area contributed by atoms with Gasteiger partial charge in [0.05, 0.1) is 6.10 Å². The van der Waals surface area contributed by atoms with E-state index < -0.39 is 0 Å². The molecule has 3 rings (SSSR count). The van der Waals surface area contributed by atoms with E-state index in [2.05, 4.69) is 21.3 Å². The Balaban J connectivity index is 1.39. The molecule has 0 bridgehead atoms. The molecule has 1 aromatic heterocycles. The van der Waals surface area contributed by atoms with Gasteiger partial charge in [-0.1, -0.05) is 18.9 Å². The molecule has 21 heavy (non-hydrogen) atoms. The van der Waals surface area contributed by atoms with E-state index in [9.17, 15) is 5.11 Å². The van der Waals surface area contributed by atoms with Crippen molar-refractivity contribution in [3.8, 4) is 0 Å². The number of aromatic nitrogens is 1. The number of hydrogen-bond acceptors (Lipinski definition) is 4. The van der Waals surface area contributed by atoms with Gasteiger partial charge >= 0.3 is 0 Å². The van der Waals surface area contributed by atoms with Gasteiger partial charge in [-0.15, -0.1) is 0 Å². The summed E-state index contributed by atoms with van der Waals surface area (Å²) in [6.45, 7) is 2.86. The molecule has 4 nitrogen and oxygen atoms in total. The molecule has 2 heterocycles. The minimum atomic E-state index is -0.152. The van der Waals surface area contributed by atoms with Crippen LogP contribution in [0.2, 0.25) is 0 Å². The molecule has 1 unspecified atom stereocenters. The summed E-state index contributed by atoms with van der Waals surface area (Å²) in [7, 11) is 0. The van der Waals surface area contributed by atoms with E-state index in [1.807, 2.05) is 18.3 Å². The summed E-state index contributed by atoms with van der Waals surface area (Å²) in [6.07, 6.45) is 8.98. The van der Waals surface area contributed by atoms with Crippen LogP contribution in [-0.4, -0.2) is 41.9 Å². The zero-order valence-corrected chi connectivity index (χ0v) is 12.7. The van der Waals surface area contributed by atoms with Crippen molar-refractivity contribution in [1.29, 1.82) is 0 Å². The number of anilines is 1. The van der Waals surface area contributed by atoms with E-state index in [4.69, 9.17) is 0 Å². The third kappa shape index (κ3) is 3.95. The van der Waals surface area contributed by atoms with Crippen LogP contribution < -0.4 is 10.2 Å². The Kier molecular flexibility index (Phi) is 5.09. The van der Waals surface area contributed by atoms with Crippen molar-refractivity contribution in [3.63, 3.8) is 0 Å². The highest BCUT2D eigenvalue weighted by Gasteiger charge is 2.25. The average molecular weight is 289 g/mol. The molecule has 0 spiro atoms. The van der Waals surface area contributed by atoms with Crippen molar-refractivity contribution in [2.45, 2.75) is 50.7 Å². The fourth-order valence-corrected chi connectivity index (χ4v) is 3.65. The third-order valence-electron chi connectivity index (χ3n) is 5.03. The maximum absolute atomic E-state index is 10.2. The lowest BCUT2D eigenvalue weighted by atomic mass is 9.99. The van der Waals surface area contributed by atoms with Crippen molar-refractivity contribution in [3.05, 3.63) is 24.4 Å². The molecule has 2 aliphatic rings. The summed E-state index contributed by atoms with van der Waals surface area (Å²) in [5.74, 6) is 1.62. The van der Waals surface area contributed by atoms with Crippen LogP contribution >= 0.6 is 0 Å². The van der Waals surface area contributed by atoms with E-state index in [1.54, 1.807) is 0 Å². The Morgan fingerprint density at radius 2 is 1.95 bits per heavy atom. The van der Waals surface area contributed by atoms with Gasteiger partial charge in [-0.2, -0.15) is 0 Å². The first-order valence-corrected chi connectivity index (χ1v) is 8.40. The van der Waals surface area contributed by atoms with E-state index in [1.165, 1.54) is 25.7 Å². The van der Waals surface area contributed by atoms with Crippen LogP contribution in [-0.2, 0) is 0 Å². The number of rotatable bonds is 5. The van der Waals surface area contributed by atoms with E-state index in [0.717, 1.165) is 38.3 Å². The SMILES string of the molecule is OC(CNC1CCN(c2ccccn2)CC1)C1CCCC1. The maximum Gasteiger partial charge on any atom is 0.128 e. The number of nitrogens with one attached hydrogen (secondary N) is 1. The van der Waals surface area contributed by atoms with Gasteiger partial charge in [-0.05, 0) is 43.7 Å². The molecule has 2 fully saturated rings. The number of aliphatic hydroxyl groups excluding tert-OH is 1. The summed E-state index contributed by atoms with van der Waals surface area (Å²) >= 11 is 0. The summed E-state index contributed by atoms with van der Waals surface area (Å²) in [6, 6.07) is 6.63. The van der Waals surface area contributed by atoms with E-state index in [0.29, 0.717) is 12.0 Å². The molecule has 4 heteroatoms. The average Bonchev–Trinajstić information content (AvgIpc) is 3.08. The van der Waals surface area contributed by atoms with Gasteiger partial charge < -0.3 is 15.3 Å². The topological polar surface area (TPSA) is 48.4 Å². The van der Waals surface area contributed by atoms with Crippen molar-refractivity contribution in [1.82, 2.24) is 10.3 Å². The van der Waals surface area contributed by atoms with E-state index in [-0.39, 0.29) is 6.10 Å². The minimum absolute atomic E-state index is 0.152. The number of pyridine rings is 1. The lowest BCUT2D eigenvalue weighted by Gasteiger charge is -2.34. The first-order chi connectivity index (χ1) is 10.3. The van der Waals surface area contributed by atoms with Crippen LogP contribution in [0.15, 0.2) is 24.4 Å². The number of aliphatic hydroxyl groups is 1. The summed E-state index contributed by atoms with van der Waals surface area (Å²) < 4.78 is 0. The Morgan fingerprint density at radius 3 is 2.62 bits per heavy atom. The zero-order chi connectivity index (χ0) is 14.5. The molecular formula is C17H27N3O. The smallest absolute Gasteiger partial charge is 0.128 e. The number of hydrogen-bond donors (Lipinski definition) is 2. The van der Waals surface area contributed by atoms with Gasteiger partial charge in [0.2, 0.25) is 0 Å². The maximum atomic E-state index is 10.2. The van der Waals surface area contributed by atoms with Gasteiger partial charge in [-0.3, -0.25) is 0 Å². The monoisotopic (exact) mass is 289 g/mol. The van der Waals surface area contributed by atoms with Gasteiger partial charge in [0.1, 0.15) is 5.82 Å². The molecule has 1 saturated heterocycles. The Hall–Kier alpha value is -1.13. The van der Waals surface area contributed by atoms with Crippen LogP contribution in [0.4, 0.5) is 5.82 Å². The number of piperidine rings is 1. The molecule has 1 aliphatic carbocycles. The second-order valence-corrected chi connectivity index (χ2v) is 6.47. The normalized spacial score (nSPS) is 22.6. The predicted molar refractivity (Wildman–Crippen MR) is 85.4 cm³/mol. The Morgan fingerprint density at radius 1 is 1.19 bits per heavy atom. The highest BCUT2D eigenvalue weighted by atomic mass is 16.3. The van der Waals surface area contributed by atoms with Crippen LogP contribution in [0.3, 0.4) is 0 Å². The fourth-order valence-electron chi connectivity index (χ4n) is 3.65. The molecule has 2 N–H and O–H groups in total. The fraction of sp³-hybridized carbons (Fsp3) is 0.706. The van der Waals surface area contributed by atoms with Gasteiger partial charge in [0.15, 0.2) is 0 Å². The quantitative estimate of drug-likeness (QED) is 0.872. The highest BCUT2D eigenvalue weighted by Crippen LogP contribution is 2.27. The molecular weight excluding hydrogens is 262 g/mol. The van der Waals surface area contributed by atoms with Gasteiger partial charge in [0.25, 0.3) is 0 Å². The van der Waals surface area contributed by atoms with Crippen molar-refractivity contribution < 1.29 is 5.11 Å². The molecule has 0 aromatic carbocycles. The number of nitrogens with zero attached hydrogens (tertiary/aromatic N) is 2. The molecule has 1 aliphatic heterocycles. The van der Waals surface area contributed by atoms with Crippen molar-refractivity contribution >= 4 is 5.82 Å². The molecule has 0 amide bonds. The second-order valence-electron chi connectivity index (χ2n) is 6.47. The standard InChI is InChI=1S/C17H27N3O/c21-16(14-5-1-2-6-14)13-19-15-8-11-20(12-9-15)17-7-3-4-10-18-17/h3-4,7,10,14-16,19,21H,1-2,5-6,8-9,11-13H2. The van der Waals surface area contributed by atoms with Crippen LogP contribution in [0.5, 0.6) is 0 Å². The van der Waals surface area contributed by atoms with E-state index >= 15 is 0 Å². The molecule has 0 radical (unpaired) electrons. The minimum Gasteiger partial charge on any atom is -0.392 e. The molecule has 1 saturated carbocycles. The molecule has 1 atom stereocenters. The lowest BCUT2D eigenvalue weighted by molar-refractivity contribution is 0.105. The first-order valence-electron chi connectivity index (χ1n) is 8.40. The zero-order valence-electron chi connectivity index (χ0n) is 12.7. The summed E-state index contributed by atoms with van der Waals surface area (Å²) in [5, 5.41) is 13.8. The Labute approximate surface area is 127 Å². The van der Waals surface area contributed by atoms with Gasteiger partial charge in [-0.25, -0.2) is 4.98 Å².